The molecular weight excluding hydrogens is 406 g/mol. The first-order valence-corrected chi connectivity index (χ1v) is 9.80. The number of oxazole rings is 1. The Bertz CT molecular complexity index is 1250. The molecule has 0 unspecified atom stereocenters. The van der Waals surface area contributed by atoms with Crippen molar-refractivity contribution in [1.29, 1.82) is 0 Å². The molecule has 0 amide bonds. The summed E-state index contributed by atoms with van der Waals surface area (Å²) in [5, 5.41) is 10.8. The third-order valence-electron chi connectivity index (χ3n) is 5.14. The van der Waals surface area contributed by atoms with Crippen molar-refractivity contribution < 1.29 is 14.3 Å². The number of nitrogens with zero attached hydrogens (tertiary/aromatic N) is 5. The van der Waals surface area contributed by atoms with Gasteiger partial charge in [-0.25, -0.2) is 9.97 Å². The number of halogens is 1. The maximum Gasteiger partial charge on any atom is 0.316 e. The summed E-state index contributed by atoms with van der Waals surface area (Å²) in [7, 11) is 1.56. The number of rotatable bonds is 3. The molecule has 4 aromatic rings. The highest BCUT2D eigenvalue weighted by Crippen LogP contribution is 2.35. The second-order valence-electron chi connectivity index (χ2n) is 7.13. The highest BCUT2D eigenvalue weighted by molar-refractivity contribution is 6.31. The van der Waals surface area contributed by atoms with Crippen molar-refractivity contribution in [1.82, 2.24) is 19.9 Å². The van der Waals surface area contributed by atoms with E-state index < -0.39 is 0 Å². The molecule has 0 saturated carbocycles. The van der Waals surface area contributed by atoms with Gasteiger partial charge >= 0.3 is 6.01 Å². The lowest BCUT2D eigenvalue weighted by Gasteiger charge is -2.26. The van der Waals surface area contributed by atoms with Crippen LogP contribution in [0.5, 0.6) is 11.8 Å². The molecule has 0 atom stereocenters. The Morgan fingerprint density at radius 1 is 1.20 bits per heavy atom. The molecular formula is C21H18ClN5O3. The van der Waals surface area contributed by atoms with E-state index in [9.17, 15) is 5.11 Å². The molecule has 0 radical (unpaired) electrons. The molecule has 0 saturated heterocycles. The van der Waals surface area contributed by atoms with Gasteiger partial charge in [-0.3, -0.25) is 0 Å². The van der Waals surface area contributed by atoms with Crippen LogP contribution in [0.1, 0.15) is 16.8 Å². The average Bonchev–Trinajstić information content (AvgIpc) is 3.16. The second-order valence-corrected chi connectivity index (χ2v) is 7.57. The van der Waals surface area contributed by atoms with E-state index in [0.717, 1.165) is 23.2 Å². The zero-order valence-electron chi connectivity index (χ0n) is 16.4. The van der Waals surface area contributed by atoms with E-state index in [1.165, 1.54) is 6.07 Å². The van der Waals surface area contributed by atoms with E-state index in [1.807, 2.05) is 17.9 Å². The van der Waals surface area contributed by atoms with Crippen LogP contribution in [0.25, 0.3) is 22.5 Å². The van der Waals surface area contributed by atoms with Crippen LogP contribution >= 0.6 is 11.6 Å². The minimum atomic E-state index is 0.0821. The van der Waals surface area contributed by atoms with E-state index in [2.05, 4.69) is 19.9 Å². The van der Waals surface area contributed by atoms with Crippen molar-refractivity contribution >= 4 is 28.8 Å². The molecule has 0 fully saturated rings. The van der Waals surface area contributed by atoms with Crippen LogP contribution < -0.4 is 9.64 Å². The Morgan fingerprint density at radius 2 is 2.07 bits per heavy atom. The molecule has 9 heteroatoms. The molecule has 0 aliphatic carbocycles. The van der Waals surface area contributed by atoms with Crippen molar-refractivity contribution in [3.8, 4) is 23.0 Å². The lowest BCUT2D eigenvalue weighted by molar-refractivity contribution is 0.376. The zero-order chi connectivity index (χ0) is 20.8. The Labute approximate surface area is 177 Å². The summed E-state index contributed by atoms with van der Waals surface area (Å²) in [6.45, 7) is 3.18. The van der Waals surface area contributed by atoms with Crippen LogP contribution in [0.3, 0.4) is 0 Å². The van der Waals surface area contributed by atoms with E-state index >= 15 is 0 Å². The predicted molar refractivity (Wildman–Crippen MR) is 112 cm³/mol. The van der Waals surface area contributed by atoms with Crippen molar-refractivity contribution in [2.45, 2.75) is 19.9 Å². The van der Waals surface area contributed by atoms with Crippen molar-refractivity contribution in [3.05, 3.63) is 52.3 Å². The molecule has 0 bridgehead atoms. The number of methoxy groups -OCH3 is 1. The molecule has 1 aliphatic rings. The van der Waals surface area contributed by atoms with Crippen LogP contribution in [-0.2, 0) is 13.0 Å². The lowest BCUT2D eigenvalue weighted by Crippen LogP contribution is -2.31. The molecule has 1 aromatic carbocycles. The Hall–Kier alpha value is -3.39. The van der Waals surface area contributed by atoms with Gasteiger partial charge in [0.2, 0.25) is 5.65 Å². The summed E-state index contributed by atoms with van der Waals surface area (Å²) in [6.07, 6.45) is 2.52. The molecule has 30 heavy (non-hydrogen) atoms. The molecule has 1 aliphatic heterocycles. The van der Waals surface area contributed by atoms with Crippen molar-refractivity contribution in [3.63, 3.8) is 0 Å². The minimum Gasteiger partial charge on any atom is -0.507 e. The number of aryl methyl sites for hydroxylation is 1. The largest absolute Gasteiger partial charge is 0.507 e. The number of benzene rings is 1. The Balaban J connectivity index is 1.48. The summed E-state index contributed by atoms with van der Waals surface area (Å²) in [5.74, 6) is 0.0821. The maximum absolute atomic E-state index is 10.3. The van der Waals surface area contributed by atoms with Gasteiger partial charge < -0.3 is 19.2 Å². The van der Waals surface area contributed by atoms with Gasteiger partial charge in [0.05, 0.1) is 25.0 Å². The standard InChI is InChI=1S/C21H18ClN5O3/c1-11-7-13(22)8-16(28)18(11)15-3-4-17-19(24-15)26-21(30-17)27-6-5-14-12(10-27)9-23-20(25-14)29-2/h3-4,7-9,28H,5-6,10H2,1-2H3. The van der Waals surface area contributed by atoms with Crippen LogP contribution in [0.2, 0.25) is 5.02 Å². The number of aromatic nitrogens is 4. The molecule has 1 N–H and O–H groups in total. The smallest absolute Gasteiger partial charge is 0.316 e. The normalized spacial score (nSPS) is 13.5. The first-order chi connectivity index (χ1) is 14.5. The fourth-order valence-corrected chi connectivity index (χ4v) is 3.97. The summed E-state index contributed by atoms with van der Waals surface area (Å²) in [6, 6.07) is 7.78. The highest BCUT2D eigenvalue weighted by atomic mass is 35.5. The van der Waals surface area contributed by atoms with Crippen LogP contribution in [0.4, 0.5) is 6.01 Å². The van der Waals surface area contributed by atoms with E-state index in [-0.39, 0.29) is 5.75 Å². The van der Waals surface area contributed by atoms with Crippen molar-refractivity contribution in [2.24, 2.45) is 0 Å². The van der Waals surface area contributed by atoms with Gasteiger partial charge in [-0.2, -0.15) is 9.97 Å². The number of anilines is 1. The zero-order valence-corrected chi connectivity index (χ0v) is 17.1. The first-order valence-electron chi connectivity index (χ1n) is 9.42. The van der Waals surface area contributed by atoms with Gasteiger partial charge in [0.1, 0.15) is 5.75 Å². The van der Waals surface area contributed by atoms with Gasteiger partial charge in [-0.1, -0.05) is 11.6 Å². The number of aromatic hydroxyl groups is 1. The van der Waals surface area contributed by atoms with Gasteiger partial charge in [-0.15, -0.1) is 0 Å². The highest BCUT2D eigenvalue weighted by Gasteiger charge is 2.23. The number of fused-ring (bicyclic) bond motifs is 2. The van der Waals surface area contributed by atoms with Gasteiger partial charge in [0.25, 0.3) is 6.01 Å². The van der Waals surface area contributed by atoms with E-state index in [1.54, 1.807) is 25.4 Å². The second kappa shape index (κ2) is 7.14. The molecule has 152 valence electrons. The SMILES string of the molecule is COc1ncc2c(n1)CCN(c1nc3nc(-c4c(C)cc(Cl)cc4O)ccc3o1)C2. The number of phenols is 1. The predicted octanol–water partition coefficient (Wildman–Crippen LogP) is 3.92. The number of pyridine rings is 1. The van der Waals surface area contributed by atoms with Gasteiger partial charge in [0, 0.05) is 35.3 Å². The summed E-state index contributed by atoms with van der Waals surface area (Å²) >= 11 is 6.02. The van der Waals surface area contributed by atoms with Crippen molar-refractivity contribution in [2.75, 3.05) is 18.6 Å². The third-order valence-corrected chi connectivity index (χ3v) is 5.36. The fourth-order valence-electron chi connectivity index (χ4n) is 3.70. The quantitative estimate of drug-likeness (QED) is 0.529. The minimum absolute atomic E-state index is 0.0821. The fraction of sp³-hybridized carbons (Fsp3) is 0.238. The molecule has 0 spiro atoms. The van der Waals surface area contributed by atoms with Gasteiger partial charge in [0.15, 0.2) is 5.58 Å². The topological polar surface area (TPSA) is 97.4 Å². The van der Waals surface area contributed by atoms with E-state index in [0.29, 0.717) is 52.6 Å². The summed E-state index contributed by atoms with van der Waals surface area (Å²) in [4.78, 5) is 19.8. The Kier molecular flexibility index (Phi) is 4.43. The number of hydrogen-bond acceptors (Lipinski definition) is 8. The third kappa shape index (κ3) is 3.19. The summed E-state index contributed by atoms with van der Waals surface area (Å²) < 4.78 is 11.0. The lowest BCUT2D eigenvalue weighted by atomic mass is 10.0. The number of hydrogen-bond donors (Lipinski definition) is 1. The molecule has 3 aromatic heterocycles. The van der Waals surface area contributed by atoms with Gasteiger partial charge in [-0.05, 0) is 36.8 Å². The van der Waals surface area contributed by atoms with E-state index in [4.69, 9.17) is 20.8 Å². The van der Waals surface area contributed by atoms with Crippen LogP contribution in [-0.4, -0.2) is 38.7 Å². The average molecular weight is 424 g/mol. The van der Waals surface area contributed by atoms with Crippen LogP contribution in [0, 0.1) is 6.92 Å². The maximum atomic E-state index is 10.3. The number of phenolic OH excluding ortho intramolecular Hbond substituents is 1. The molecule has 8 nitrogen and oxygen atoms in total. The number of ether oxygens (including phenoxy) is 1. The monoisotopic (exact) mass is 423 g/mol. The van der Waals surface area contributed by atoms with Crippen LogP contribution in [0.15, 0.2) is 34.9 Å². The molecule has 5 rings (SSSR count). The first kappa shape index (κ1) is 18.6. The summed E-state index contributed by atoms with van der Waals surface area (Å²) in [5.41, 5.74) is 5.12. The molecule has 4 heterocycles. The Morgan fingerprint density at radius 3 is 2.87 bits per heavy atom.